The molecule has 17 heteroatoms. The summed E-state index contributed by atoms with van der Waals surface area (Å²) in [5.41, 5.74) is 19.9. The number of carboxylic acid groups (broad SMARTS) is 1. The van der Waals surface area contributed by atoms with Crippen LogP contribution in [0.2, 0.25) is 10.0 Å². The molecule has 0 atom stereocenters. The van der Waals surface area contributed by atoms with Gasteiger partial charge in [0, 0.05) is 60.1 Å². The molecule has 8 heterocycles. The van der Waals surface area contributed by atoms with Crippen LogP contribution in [-0.2, 0) is 25.7 Å². The van der Waals surface area contributed by atoms with Gasteiger partial charge in [-0.15, -0.1) is 0 Å². The van der Waals surface area contributed by atoms with Gasteiger partial charge in [0.2, 0.25) is 5.91 Å². The lowest BCUT2D eigenvalue weighted by molar-refractivity contribution is 0.0696. The average molecular weight is 1380 g/mol. The minimum absolute atomic E-state index is 0.00786. The Morgan fingerprint density at radius 1 is 0.611 bits per heavy atom. The molecule has 0 unspecified atom stereocenters. The lowest BCUT2D eigenvalue weighted by atomic mass is 9.80. The first-order chi connectivity index (χ1) is 43.2. The van der Waals surface area contributed by atoms with Crippen molar-refractivity contribution in [2.45, 2.75) is 170 Å². The van der Waals surface area contributed by atoms with Gasteiger partial charge >= 0.3 is 5.97 Å². The Kier molecular flexibility index (Phi) is 19.1. The second-order valence-corrected chi connectivity index (χ2v) is 29.5. The number of aromatic nitrogens is 8. The highest BCUT2D eigenvalue weighted by molar-refractivity contribution is 9.10. The molecule has 468 valence electrons. The van der Waals surface area contributed by atoms with Crippen LogP contribution in [0.1, 0.15) is 189 Å². The number of hydrogen-bond donors (Lipinski definition) is 1. The zero-order chi connectivity index (χ0) is 63.1. The molecule has 0 amide bonds. The molecule has 6 aliphatic carbocycles. The second kappa shape index (κ2) is 27.0. The van der Waals surface area contributed by atoms with Gasteiger partial charge in [-0.2, -0.15) is 0 Å². The summed E-state index contributed by atoms with van der Waals surface area (Å²) < 4.78 is 16.1. The first-order valence-corrected chi connectivity index (χ1v) is 34.4. The molecule has 0 aliphatic heterocycles. The third kappa shape index (κ3) is 14.0. The molecule has 0 bridgehead atoms. The summed E-state index contributed by atoms with van der Waals surface area (Å²) in [4.78, 5) is 42.3. The predicted octanol–water partition coefficient (Wildman–Crippen LogP) is 20.3. The fourth-order valence-corrected chi connectivity index (χ4v) is 14.9. The Bertz CT molecular complexity index is 4200. The number of rotatable bonds is 13. The molecular weight excluding hydrogens is 1300 g/mol. The van der Waals surface area contributed by atoms with E-state index in [2.05, 4.69) is 102 Å². The fraction of sp³-hybridized carbons (Fsp3) is 0.425. The molecule has 9 aromatic rings. The second-order valence-electron chi connectivity index (χ2n) is 27.0. The summed E-state index contributed by atoms with van der Waals surface area (Å²) in [7, 11) is 0. The molecule has 4 saturated carbocycles. The number of carboxylic acids is 1. The maximum atomic E-state index is 12.7. The summed E-state index contributed by atoms with van der Waals surface area (Å²) in [6.07, 6.45) is 40.0. The van der Waals surface area contributed by atoms with E-state index in [0.717, 1.165) is 125 Å². The third-order valence-electron chi connectivity index (χ3n) is 19.2. The zero-order valence-corrected chi connectivity index (χ0v) is 57.2. The highest BCUT2D eigenvalue weighted by Crippen LogP contribution is 2.43. The highest BCUT2D eigenvalue weighted by atomic mass is 79.9. The standard InChI is InChI=1S/C24H21Cl2N3O3.C18H23BrN2O.C18H20N2O.C13H14BrN/c1-12-21(13(2)32-28-12)16-9-20-22(27-10-16)17(6-14-4-3-5-14)11-29(20)23-18(25)7-15(24(30)31)8-19(23)26;1-18(2,3)9-17(22)21-11-13(7-12-5-4-6-12)14-10-20-16(19)8-15(14)21;1-11-18(12(2)21-20-11)17-9-15-7-6-14(16(15)10-19-17)8-13-4-3-5-13;14-13-7-11-5-4-10(12(11)8-15-13)6-9-2-1-3-9/h7-11,14H,3-6H2,1-2H3,(H,30,31);8,10-12H,4-7,9H2,1-3H3;6,9-10,13H,3-5,7-8H2,1-2H3;4,7-9H,1-3,5-6H2. The largest absolute Gasteiger partial charge is 0.478 e. The maximum Gasteiger partial charge on any atom is 0.335 e. The first kappa shape index (κ1) is 63.6. The maximum absolute atomic E-state index is 12.7. The number of pyridine rings is 4. The van der Waals surface area contributed by atoms with Crippen LogP contribution in [0.5, 0.6) is 0 Å². The van der Waals surface area contributed by atoms with Crippen LogP contribution in [0, 0.1) is 56.8 Å². The molecule has 0 radical (unpaired) electrons. The smallest absolute Gasteiger partial charge is 0.335 e. The topological polar surface area (TPSA) is 168 Å². The van der Waals surface area contributed by atoms with Crippen LogP contribution < -0.4 is 0 Å². The number of hydrogen-bond acceptors (Lipinski definition) is 10. The van der Waals surface area contributed by atoms with Gasteiger partial charge in [0.1, 0.15) is 20.7 Å². The number of carbonyl (C=O) groups excluding carboxylic acids is 1. The summed E-state index contributed by atoms with van der Waals surface area (Å²) in [6.45, 7) is 14.0. The van der Waals surface area contributed by atoms with E-state index in [1.165, 1.54) is 141 Å². The number of halogens is 4. The van der Waals surface area contributed by atoms with Crippen molar-refractivity contribution in [1.29, 1.82) is 0 Å². The quantitative estimate of drug-likeness (QED) is 0.109. The van der Waals surface area contributed by atoms with Gasteiger partial charge in [0.05, 0.1) is 60.5 Å². The van der Waals surface area contributed by atoms with E-state index in [1.807, 2.05) is 86.1 Å². The van der Waals surface area contributed by atoms with Gasteiger partial charge in [0.15, 0.2) is 0 Å². The number of aromatic carboxylic acids is 1. The van der Waals surface area contributed by atoms with Crippen molar-refractivity contribution in [3.63, 3.8) is 0 Å². The van der Waals surface area contributed by atoms with Crippen molar-refractivity contribution in [1.82, 2.24) is 39.4 Å². The van der Waals surface area contributed by atoms with Crippen molar-refractivity contribution in [3.05, 3.63) is 167 Å². The summed E-state index contributed by atoms with van der Waals surface area (Å²) in [5.74, 6) is 3.94. The van der Waals surface area contributed by atoms with E-state index < -0.39 is 5.97 Å². The molecule has 0 saturated heterocycles. The van der Waals surface area contributed by atoms with Crippen LogP contribution in [-0.4, -0.2) is 56.4 Å². The Labute approximate surface area is 553 Å². The first-order valence-electron chi connectivity index (χ1n) is 32.0. The van der Waals surface area contributed by atoms with Crippen LogP contribution >= 0.6 is 55.1 Å². The van der Waals surface area contributed by atoms with Crippen molar-refractivity contribution < 1.29 is 23.7 Å². The van der Waals surface area contributed by atoms with Crippen LogP contribution in [0.15, 0.2) is 104 Å². The van der Waals surface area contributed by atoms with Gasteiger partial charge in [-0.1, -0.05) is 143 Å². The minimum Gasteiger partial charge on any atom is -0.478 e. The van der Waals surface area contributed by atoms with Gasteiger partial charge in [-0.05, 0) is 208 Å². The molecule has 13 nitrogen and oxygen atoms in total. The van der Waals surface area contributed by atoms with E-state index in [0.29, 0.717) is 18.0 Å². The molecule has 1 aromatic carbocycles. The highest BCUT2D eigenvalue weighted by Gasteiger charge is 2.29. The SMILES string of the molecule is Brc1cc2c(cn1)C(CC1CCC1)=CC2.CC(C)(C)CC(=O)n1cc(CC2CCC2)c2cnc(Br)cc21.Cc1noc(C)c1-c1cc2c(cn1)C(CC1CCC1)=CC2.Cc1noc(C)c1-c1cnc2c(CC3CCC3)cn(-c3c(Cl)cc(C(=O)O)cc3Cl)c2c1. The number of aryl methyl sites for hydroxylation is 4. The van der Waals surface area contributed by atoms with Crippen LogP contribution in [0.25, 0.3) is 61.2 Å². The van der Waals surface area contributed by atoms with E-state index in [9.17, 15) is 14.7 Å². The van der Waals surface area contributed by atoms with E-state index in [4.69, 9.17) is 37.2 Å². The normalized spacial score (nSPS) is 16.3. The average Bonchev–Trinajstić information content (AvgIpc) is 1.65. The molecule has 90 heavy (non-hydrogen) atoms. The molecule has 8 aromatic heterocycles. The molecule has 6 aliphatic rings. The number of allylic oxidation sites excluding steroid dienone is 4. The van der Waals surface area contributed by atoms with Gasteiger partial charge in [0.25, 0.3) is 0 Å². The van der Waals surface area contributed by atoms with Gasteiger partial charge in [-0.3, -0.25) is 19.3 Å². The lowest BCUT2D eigenvalue weighted by Crippen LogP contribution is -2.18. The predicted molar refractivity (Wildman–Crippen MR) is 366 cm³/mol. The summed E-state index contributed by atoms with van der Waals surface area (Å²) in [5, 5.41) is 19.1. The molecule has 0 spiro atoms. The molecule has 1 N–H and O–H groups in total. The third-order valence-corrected chi connectivity index (χ3v) is 20.7. The molecule has 15 rings (SSSR count). The van der Waals surface area contributed by atoms with Gasteiger partial charge in [-0.25, -0.2) is 14.8 Å². The Balaban J connectivity index is 0.000000120. The minimum atomic E-state index is -1.08. The van der Waals surface area contributed by atoms with Crippen LogP contribution in [0.4, 0.5) is 0 Å². The Hall–Kier alpha value is -6.52. The Morgan fingerprint density at radius 3 is 1.67 bits per heavy atom. The van der Waals surface area contributed by atoms with Gasteiger partial charge < -0.3 is 18.7 Å². The zero-order valence-electron chi connectivity index (χ0n) is 52.5. The van der Waals surface area contributed by atoms with Crippen LogP contribution in [0.3, 0.4) is 0 Å². The number of fused-ring (bicyclic) bond motifs is 4. The Morgan fingerprint density at radius 2 is 1.13 bits per heavy atom. The number of benzene rings is 1. The van der Waals surface area contributed by atoms with Crippen molar-refractivity contribution >= 4 is 100 Å². The molecule has 4 fully saturated rings. The number of nitrogens with zero attached hydrogens (tertiary/aromatic N) is 8. The van der Waals surface area contributed by atoms with E-state index in [-0.39, 0.29) is 26.9 Å². The van der Waals surface area contributed by atoms with Crippen molar-refractivity contribution in [2.24, 2.45) is 29.1 Å². The van der Waals surface area contributed by atoms with E-state index in [1.54, 1.807) is 0 Å². The van der Waals surface area contributed by atoms with Crippen molar-refractivity contribution in [3.8, 4) is 28.1 Å². The molecular formula is C73H78Br2Cl2N8O5. The summed E-state index contributed by atoms with van der Waals surface area (Å²) in [6, 6.07) is 11.2. The van der Waals surface area contributed by atoms with E-state index >= 15 is 0 Å². The fourth-order valence-electron chi connectivity index (χ4n) is 13.5. The lowest BCUT2D eigenvalue weighted by Gasteiger charge is -2.26. The number of carbonyl (C=O) groups is 2. The monoisotopic (exact) mass is 1370 g/mol. The summed E-state index contributed by atoms with van der Waals surface area (Å²) >= 11 is 19.9. The van der Waals surface area contributed by atoms with Crippen molar-refractivity contribution in [2.75, 3.05) is 0 Å².